The fourth-order valence-corrected chi connectivity index (χ4v) is 2.73. The van der Waals surface area contributed by atoms with Gasteiger partial charge in [0.05, 0.1) is 5.69 Å². The van der Waals surface area contributed by atoms with Crippen molar-refractivity contribution in [3.8, 4) is 0 Å². The van der Waals surface area contributed by atoms with Crippen LogP contribution in [0.2, 0.25) is 0 Å². The van der Waals surface area contributed by atoms with Gasteiger partial charge in [-0.1, -0.05) is 26.8 Å². The third-order valence-corrected chi connectivity index (χ3v) is 3.97. The summed E-state index contributed by atoms with van der Waals surface area (Å²) in [5.74, 6) is 1.10. The second kappa shape index (κ2) is 6.75. The number of nitrogens with zero attached hydrogens (tertiary/aromatic N) is 3. The van der Waals surface area contributed by atoms with E-state index >= 15 is 0 Å². The molecule has 2 aromatic heterocycles. The average Bonchev–Trinajstić information content (AvgIpc) is 2.85. The van der Waals surface area contributed by atoms with Crippen LogP contribution >= 0.6 is 0 Å². The van der Waals surface area contributed by atoms with Crippen molar-refractivity contribution < 1.29 is 0 Å². The van der Waals surface area contributed by atoms with Crippen LogP contribution in [0, 0.1) is 0 Å². The standard InChI is InChI=1S/C16H26N4/c1-5-13(6-2)19(4)16-14(12-17-7-3)20-11-9-8-10-15(20)18-16/h8-11,13,17H,5-7,12H2,1-4H3. The SMILES string of the molecule is CCNCc1c(N(C)C(CC)CC)nc2ccccn12. The Labute approximate surface area is 121 Å². The Kier molecular flexibility index (Phi) is 5.01. The molecule has 2 heterocycles. The van der Waals surface area contributed by atoms with Crippen molar-refractivity contribution in [2.24, 2.45) is 0 Å². The van der Waals surface area contributed by atoms with Crippen LogP contribution in [-0.4, -0.2) is 29.0 Å². The maximum absolute atomic E-state index is 4.83. The zero-order chi connectivity index (χ0) is 14.5. The lowest BCUT2D eigenvalue weighted by atomic mass is 10.1. The first-order valence-corrected chi connectivity index (χ1v) is 7.62. The number of rotatable bonds is 7. The summed E-state index contributed by atoms with van der Waals surface area (Å²) in [6.45, 7) is 8.43. The van der Waals surface area contributed by atoms with Crippen molar-refractivity contribution in [2.45, 2.75) is 46.2 Å². The molecule has 0 spiro atoms. The van der Waals surface area contributed by atoms with Gasteiger partial charge in [0, 0.05) is 25.8 Å². The van der Waals surface area contributed by atoms with E-state index in [9.17, 15) is 0 Å². The molecular weight excluding hydrogens is 248 g/mol. The molecule has 20 heavy (non-hydrogen) atoms. The number of hydrogen-bond donors (Lipinski definition) is 1. The summed E-state index contributed by atoms with van der Waals surface area (Å²) in [5, 5.41) is 3.43. The van der Waals surface area contributed by atoms with Crippen LogP contribution in [0.15, 0.2) is 24.4 Å². The predicted molar refractivity (Wildman–Crippen MR) is 85.3 cm³/mol. The van der Waals surface area contributed by atoms with Gasteiger partial charge in [0.1, 0.15) is 5.65 Å². The van der Waals surface area contributed by atoms with Gasteiger partial charge in [-0.25, -0.2) is 4.98 Å². The van der Waals surface area contributed by atoms with Crippen LogP contribution in [0.4, 0.5) is 5.82 Å². The first-order valence-electron chi connectivity index (χ1n) is 7.62. The molecule has 0 aromatic carbocycles. The summed E-state index contributed by atoms with van der Waals surface area (Å²) in [6.07, 6.45) is 4.38. The molecule has 0 saturated carbocycles. The van der Waals surface area contributed by atoms with Gasteiger partial charge in [-0.3, -0.25) is 0 Å². The summed E-state index contributed by atoms with van der Waals surface area (Å²) in [6, 6.07) is 6.71. The van der Waals surface area contributed by atoms with Crippen LogP contribution in [0.25, 0.3) is 5.65 Å². The number of nitrogens with one attached hydrogen (secondary N) is 1. The summed E-state index contributed by atoms with van der Waals surface area (Å²) >= 11 is 0. The first kappa shape index (κ1) is 14.9. The summed E-state index contributed by atoms with van der Waals surface area (Å²) in [5.41, 5.74) is 2.27. The number of hydrogen-bond acceptors (Lipinski definition) is 3. The third kappa shape index (κ3) is 2.80. The predicted octanol–water partition coefficient (Wildman–Crippen LogP) is 3.07. The molecule has 1 N–H and O–H groups in total. The minimum Gasteiger partial charge on any atom is -0.355 e. The van der Waals surface area contributed by atoms with Crippen LogP contribution in [0.1, 0.15) is 39.3 Å². The van der Waals surface area contributed by atoms with E-state index in [0.717, 1.165) is 37.4 Å². The molecule has 0 unspecified atom stereocenters. The van der Waals surface area contributed by atoms with Gasteiger partial charge in [-0.05, 0) is 31.5 Å². The second-order valence-electron chi connectivity index (χ2n) is 5.17. The molecule has 2 rings (SSSR count). The lowest BCUT2D eigenvalue weighted by Crippen LogP contribution is -2.32. The molecule has 0 amide bonds. The molecule has 0 bridgehead atoms. The molecule has 4 nitrogen and oxygen atoms in total. The topological polar surface area (TPSA) is 32.6 Å². The fraction of sp³-hybridized carbons (Fsp3) is 0.562. The Bertz CT molecular complexity index is 542. The second-order valence-corrected chi connectivity index (χ2v) is 5.17. The van der Waals surface area contributed by atoms with Crippen molar-refractivity contribution >= 4 is 11.5 Å². The third-order valence-electron chi connectivity index (χ3n) is 3.97. The molecule has 0 saturated heterocycles. The summed E-state index contributed by atoms with van der Waals surface area (Å²) < 4.78 is 2.19. The highest BCUT2D eigenvalue weighted by Crippen LogP contribution is 2.24. The van der Waals surface area contributed by atoms with Gasteiger partial charge in [0.25, 0.3) is 0 Å². The molecule has 110 valence electrons. The van der Waals surface area contributed by atoms with E-state index in [2.05, 4.69) is 60.8 Å². The number of imidazole rings is 1. The van der Waals surface area contributed by atoms with Crippen molar-refractivity contribution in [3.63, 3.8) is 0 Å². The van der Waals surface area contributed by atoms with E-state index in [1.807, 2.05) is 6.07 Å². The van der Waals surface area contributed by atoms with Gasteiger partial charge in [0.15, 0.2) is 5.82 Å². The Hall–Kier alpha value is -1.55. The van der Waals surface area contributed by atoms with Crippen LogP contribution < -0.4 is 10.2 Å². The van der Waals surface area contributed by atoms with Crippen molar-refractivity contribution in [2.75, 3.05) is 18.5 Å². The lowest BCUT2D eigenvalue weighted by Gasteiger charge is -2.27. The Morgan fingerprint density at radius 2 is 2.00 bits per heavy atom. The minimum atomic E-state index is 0.542. The van der Waals surface area contributed by atoms with E-state index < -0.39 is 0 Å². The van der Waals surface area contributed by atoms with E-state index in [1.54, 1.807) is 0 Å². The zero-order valence-corrected chi connectivity index (χ0v) is 13.1. The van der Waals surface area contributed by atoms with E-state index in [1.165, 1.54) is 5.69 Å². The van der Waals surface area contributed by atoms with Crippen molar-refractivity contribution in [1.29, 1.82) is 0 Å². The maximum Gasteiger partial charge on any atom is 0.152 e. The molecule has 2 aromatic rings. The van der Waals surface area contributed by atoms with Gasteiger partial charge in [-0.2, -0.15) is 0 Å². The van der Waals surface area contributed by atoms with Gasteiger partial charge >= 0.3 is 0 Å². The summed E-state index contributed by atoms with van der Waals surface area (Å²) in [7, 11) is 2.16. The lowest BCUT2D eigenvalue weighted by molar-refractivity contribution is 0.583. The molecule has 0 aliphatic carbocycles. The highest BCUT2D eigenvalue weighted by molar-refractivity contribution is 5.56. The quantitative estimate of drug-likeness (QED) is 0.842. The Balaban J connectivity index is 2.44. The van der Waals surface area contributed by atoms with Gasteiger partial charge in [0.2, 0.25) is 0 Å². The normalized spacial score (nSPS) is 11.4. The maximum atomic E-state index is 4.83. The number of pyridine rings is 1. The van der Waals surface area contributed by atoms with Crippen molar-refractivity contribution in [3.05, 3.63) is 30.1 Å². The Morgan fingerprint density at radius 3 is 2.65 bits per heavy atom. The van der Waals surface area contributed by atoms with E-state index in [0.29, 0.717) is 6.04 Å². The van der Waals surface area contributed by atoms with Gasteiger partial charge < -0.3 is 14.6 Å². The molecule has 0 radical (unpaired) electrons. The number of aromatic nitrogens is 2. The Morgan fingerprint density at radius 1 is 1.25 bits per heavy atom. The van der Waals surface area contributed by atoms with E-state index in [4.69, 9.17) is 4.98 Å². The molecule has 4 heteroatoms. The highest BCUT2D eigenvalue weighted by Gasteiger charge is 2.19. The molecule has 0 aliphatic heterocycles. The average molecular weight is 274 g/mol. The molecule has 0 fully saturated rings. The van der Waals surface area contributed by atoms with Crippen LogP contribution in [0.5, 0.6) is 0 Å². The fourth-order valence-electron chi connectivity index (χ4n) is 2.73. The van der Waals surface area contributed by atoms with Crippen molar-refractivity contribution in [1.82, 2.24) is 14.7 Å². The monoisotopic (exact) mass is 274 g/mol. The first-order chi connectivity index (χ1) is 9.72. The van der Waals surface area contributed by atoms with Crippen LogP contribution in [0.3, 0.4) is 0 Å². The highest BCUT2D eigenvalue weighted by atomic mass is 15.2. The van der Waals surface area contributed by atoms with Crippen LogP contribution in [-0.2, 0) is 6.54 Å². The smallest absolute Gasteiger partial charge is 0.152 e. The van der Waals surface area contributed by atoms with E-state index in [-0.39, 0.29) is 0 Å². The molecule has 0 aliphatic rings. The largest absolute Gasteiger partial charge is 0.355 e. The molecular formula is C16H26N4. The zero-order valence-electron chi connectivity index (χ0n) is 13.1. The number of fused-ring (bicyclic) bond motifs is 1. The minimum absolute atomic E-state index is 0.542. The summed E-state index contributed by atoms with van der Waals surface area (Å²) in [4.78, 5) is 7.16. The number of anilines is 1. The molecule has 0 atom stereocenters. The van der Waals surface area contributed by atoms with Gasteiger partial charge in [-0.15, -0.1) is 0 Å².